The summed E-state index contributed by atoms with van der Waals surface area (Å²) in [6.07, 6.45) is 1.95. The lowest BCUT2D eigenvalue weighted by Gasteiger charge is -2.26. The number of hydrogen-bond donors (Lipinski definition) is 2. The molecule has 1 aliphatic heterocycles. The highest BCUT2D eigenvalue weighted by Crippen LogP contribution is 2.21. The molecular weight excluding hydrogens is 328 g/mol. The maximum absolute atomic E-state index is 12.6. The fraction of sp³-hybridized carbons (Fsp3) is 0.471. The number of aromatic amines is 1. The monoisotopic (exact) mass is 348 g/mol. The average Bonchev–Trinajstić information content (AvgIpc) is 3.14. The highest BCUT2D eigenvalue weighted by atomic mass is 35.5. The van der Waals surface area contributed by atoms with E-state index in [1.807, 2.05) is 19.9 Å². The maximum atomic E-state index is 12.6. The molecule has 0 radical (unpaired) electrons. The molecule has 0 aliphatic carbocycles. The number of carbonyl (C=O) groups excluding carboxylic acids is 2. The molecule has 0 spiro atoms. The number of amides is 2. The summed E-state index contributed by atoms with van der Waals surface area (Å²) in [5, 5.41) is 3.59. The second kappa shape index (κ2) is 6.81. The predicted octanol–water partition coefficient (Wildman–Crippen LogP) is 2.79. The molecule has 7 heteroatoms. The van der Waals surface area contributed by atoms with Crippen LogP contribution < -0.4 is 5.32 Å². The summed E-state index contributed by atoms with van der Waals surface area (Å²) in [7, 11) is 0. The van der Waals surface area contributed by atoms with Crippen LogP contribution in [0, 0.1) is 0 Å². The fourth-order valence-electron chi connectivity index (χ4n) is 3.13. The van der Waals surface area contributed by atoms with Crippen LogP contribution in [0.2, 0.25) is 5.02 Å². The van der Waals surface area contributed by atoms with Crippen molar-refractivity contribution in [3.05, 3.63) is 29.0 Å². The normalized spacial score (nSPS) is 17.3. The lowest BCUT2D eigenvalue weighted by atomic mass is 10.1. The number of fused-ring (bicyclic) bond motifs is 1. The molecule has 128 valence electrons. The lowest BCUT2D eigenvalue weighted by Crippen LogP contribution is -2.47. The number of rotatable bonds is 5. The minimum Gasteiger partial charge on any atom is -0.345 e. The van der Waals surface area contributed by atoms with Crippen molar-refractivity contribution in [2.45, 2.75) is 45.2 Å². The van der Waals surface area contributed by atoms with E-state index in [0.29, 0.717) is 30.2 Å². The van der Waals surface area contributed by atoms with Crippen molar-refractivity contribution in [1.82, 2.24) is 20.2 Å². The number of H-pyrrole nitrogens is 1. The third-order valence-corrected chi connectivity index (χ3v) is 4.64. The Kier molecular flexibility index (Phi) is 4.76. The summed E-state index contributed by atoms with van der Waals surface area (Å²) in [5.74, 6) is 0.588. The first-order valence-electron chi connectivity index (χ1n) is 8.24. The average molecular weight is 349 g/mol. The quantitative estimate of drug-likeness (QED) is 0.872. The van der Waals surface area contributed by atoms with Crippen LogP contribution in [0.4, 0.5) is 0 Å². The van der Waals surface area contributed by atoms with Gasteiger partial charge in [-0.3, -0.25) is 9.59 Å². The van der Waals surface area contributed by atoms with Gasteiger partial charge in [0, 0.05) is 18.0 Å². The molecule has 3 rings (SSSR count). The summed E-state index contributed by atoms with van der Waals surface area (Å²) >= 11 is 5.98. The van der Waals surface area contributed by atoms with Gasteiger partial charge < -0.3 is 15.2 Å². The van der Waals surface area contributed by atoms with Crippen LogP contribution in [0.3, 0.4) is 0 Å². The van der Waals surface area contributed by atoms with Crippen LogP contribution in [-0.2, 0) is 9.59 Å². The fourth-order valence-corrected chi connectivity index (χ4v) is 3.30. The molecule has 0 unspecified atom stereocenters. The Morgan fingerprint density at radius 3 is 2.96 bits per heavy atom. The number of carbonyl (C=O) groups is 2. The van der Waals surface area contributed by atoms with Crippen LogP contribution in [-0.4, -0.2) is 39.3 Å². The van der Waals surface area contributed by atoms with Gasteiger partial charge in [0.25, 0.3) is 0 Å². The second-order valence-electron chi connectivity index (χ2n) is 6.13. The minimum atomic E-state index is -0.415. The summed E-state index contributed by atoms with van der Waals surface area (Å²) in [6.45, 7) is 4.45. The van der Waals surface area contributed by atoms with E-state index in [1.54, 1.807) is 17.0 Å². The number of aromatic nitrogens is 2. The number of benzene rings is 1. The molecule has 2 aromatic rings. The number of nitrogens with zero attached hydrogens (tertiary/aromatic N) is 2. The molecule has 1 aromatic carbocycles. The summed E-state index contributed by atoms with van der Waals surface area (Å²) in [6, 6.07) is 4.73. The van der Waals surface area contributed by atoms with Crippen molar-refractivity contribution < 1.29 is 9.59 Å². The van der Waals surface area contributed by atoms with Gasteiger partial charge in [0.15, 0.2) is 0 Å². The SMILES string of the molecule is CC[C@H](C(=O)N[C@@H](C)c1nc2ccc(Cl)cc2[nH]1)N1CCCC1=O. The molecule has 6 nitrogen and oxygen atoms in total. The number of nitrogens with one attached hydrogen (secondary N) is 2. The van der Waals surface area contributed by atoms with Crippen molar-refractivity contribution in [3.8, 4) is 0 Å². The molecule has 1 aliphatic rings. The van der Waals surface area contributed by atoms with Crippen molar-refractivity contribution in [2.24, 2.45) is 0 Å². The van der Waals surface area contributed by atoms with Crippen molar-refractivity contribution in [2.75, 3.05) is 6.54 Å². The zero-order chi connectivity index (χ0) is 17.3. The first-order chi connectivity index (χ1) is 11.5. The van der Waals surface area contributed by atoms with Gasteiger partial charge in [-0.05, 0) is 38.0 Å². The Labute approximate surface area is 145 Å². The molecule has 2 heterocycles. The third kappa shape index (κ3) is 3.24. The van der Waals surface area contributed by atoms with E-state index < -0.39 is 6.04 Å². The topological polar surface area (TPSA) is 78.1 Å². The Balaban J connectivity index is 1.73. The van der Waals surface area contributed by atoms with Gasteiger partial charge >= 0.3 is 0 Å². The van der Waals surface area contributed by atoms with E-state index in [9.17, 15) is 9.59 Å². The summed E-state index contributed by atoms with van der Waals surface area (Å²) in [5.41, 5.74) is 1.64. The van der Waals surface area contributed by atoms with E-state index in [-0.39, 0.29) is 17.9 Å². The van der Waals surface area contributed by atoms with Crippen LogP contribution in [0.1, 0.15) is 45.0 Å². The van der Waals surface area contributed by atoms with E-state index in [4.69, 9.17) is 11.6 Å². The lowest BCUT2D eigenvalue weighted by molar-refractivity contribution is -0.137. The second-order valence-corrected chi connectivity index (χ2v) is 6.56. The van der Waals surface area contributed by atoms with Gasteiger partial charge in [0.2, 0.25) is 11.8 Å². The molecular formula is C17H21ClN4O2. The number of likely N-dealkylation sites (tertiary alicyclic amines) is 1. The molecule has 0 saturated carbocycles. The Morgan fingerprint density at radius 1 is 1.50 bits per heavy atom. The minimum absolute atomic E-state index is 0.0584. The van der Waals surface area contributed by atoms with E-state index in [0.717, 1.165) is 17.5 Å². The first kappa shape index (κ1) is 16.8. The molecule has 1 saturated heterocycles. The van der Waals surface area contributed by atoms with Gasteiger partial charge in [-0.15, -0.1) is 0 Å². The van der Waals surface area contributed by atoms with E-state index in [1.165, 1.54) is 0 Å². The Morgan fingerprint density at radius 2 is 2.29 bits per heavy atom. The Hall–Kier alpha value is -2.08. The highest BCUT2D eigenvalue weighted by molar-refractivity contribution is 6.31. The van der Waals surface area contributed by atoms with Crippen LogP contribution in [0.15, 0.2) is 18.2 Å². The number of imidazole rings is 1. The smallest absolute Gasteiger partial charge is 0.243 e. The molecule has 2 atom stereocenters. The van der Waals surface area contributed by atoms with Crippen molar-refractivity contribution >= 4 is 34.4 Å². The number of halogens is 1. The highest BCUT2D eigenvalue weighted by Gasteiger charge is 2.32. The van der Waals surface area contributed by atoms with Gasteiger partial charge in [-0.25, -0.2) is 4.98 Å². The Bertz CT molecular complexity index is 773. The predicted molar refractivity (Wildman–Crippen MR) is 92.7 cm³/mol. The van der Waals surface area contributed by atoms with Crippen LogP contribution in [0.5, 0.6) is 0 Å². The van der Waals surface area contributed by atoms with E-state index in [2.05, 4.69) is 15.3 Å². The molecule has 1 fully saturated rings. The van der Waals surface area contributed by atoms with Crippen LogP contribution >= 0.6 is 11.6 Å². The first-order valence-corrected chi connectivity index (χ1v) is 8.62. The number of hydrogen-bond acceptors (Lipinski definition) is 3. The molecule has 2 N–H and O–H groups in total. The molecule has 2 amide bonds. The van der Waals surface area contributed by atoms with Gasteiger partial charge in [0.1, 0.15) is 11.9 Å². The zero-order valence-corrected chi connectivity index (χ0v) is 14.6. The zero-order valence-electron chi connectivity index (χ0n) is 13.8. The van der Waals surface area contributed by atoms with Gasteiger partial charge in [-0.2, -0.15) is 0 Å². The largest absolute Gasteiger partial charge is 0.345 e. The molecule has 1 aromatic heterocycles. The van der Waals surface area contributed by atoms with Crippen molar-refractivity contribution in [3.63, 3.8) is 0 Å². The van der Waals surface area contributed by atoms with Crippen LogP contribution in [0.25, 0.3) is 11.0 Å². The molecule has 0 bridgehead atoms. The van der Waals surface area contributed by atoms with E-state index >= 15 is 0 Å². The van der Waals surface area contributed by atoms with Gasteiger partial charge in [0.05, 0.1) is 17.1 Å². The summed E-state index contributed by atoms with van der Waals surface area (Å²) in [4.78, 5) is 33.9. The molecule has 24 heavy (non-hydrogen) atoms. The summed E-state index contributed by atoms with van der Waals surface area (Å²) < 4.78 is 0. The maximum Gasteiger partial charge on any atom is 0.243 e. The third-order valence-electron chi connectivity index (χ3n) is 4.41. The van der Waals surface area contributed by atoms with Gasteiger partial charge in [-0.1, -0.05) is 18.5 Å². The van der Waals surface area contributed by atoms with Crippen molar-refractivity contribution in [1.29, 1.82) is 0 Å². The standard InChI is InChI=1S/C17H21ClN4O2/c1-3-14(22-8-4-5-15(22)23)17(24)19-10(2)16-20-12-7-6-11(18)9-13(12)21-16/h6-7,9-10,14H,3-5,8H2,1-2H3,(H,19,24)(H,20,21)/t10-,14+/m0/s1.